The molecule has 1 saturated heterocycles. The van der Waals surface area contributed by atoms with Crippen LogP contribution in [0.1, 0.15) is 35.3 Å². The van der Waals surface area contributed by atoms with E-state index in [4.69, 9.17) is 0 Å². The Morgan fingerprint density at radius 1 is 1.12 bits per heavy atom. The van der Waals surface area contributed by atoms with E-state index in [9.17, 15) is 17.6 Å². The standard InChI is InChI=1S/C24H27F4N5/c1-14-19(5-4-6-22(14)24(26,27)28)15(2)30-23-21-11-18(7-8-20(21)16(3)31-32-23)33-10-9-29-12-17(25)13-33/h4-8,11,15,17,29H,9-10,12-13H2,1-3H3,(H,30,32)/t15?,17-/m1/s1. The van der Waals surface area contributed by atoms with Gasteiger partial charge in [0.2, 0.25) is 0 Å². The highest BCUT2D eigenvalue weighted by atomic mass is 19.4. The van der Waals surface area contributed by atoms with Gasteiger partial charge in [0.1, 0.15) is 6.17 Å². The first kappa shape index (κ1) is 23.2. The highest BCUT2D eigenvalue weighted by Gasteiger charge is 2.33. The maximum absolute atomic E-state index is 14.1. The summed E-state index contributed by atoms with van der Waals surface area (Å²) in [5.74, 6) is 0.478. The number of aromatic nitrogens is 2. The summed E-state index contributed by atoms with van der Waals surface area (Å²) < 4.78 is 54.2. The number of alkyl halides is 4. The first-order chi connectivity index (χ1) is 15.6. The van der Waals surface area contributed by atoms with Crippen LogP contribution in [0.5, 0.6) is 0 Å². The lowest BCUT2D eigenvalue weighted by Gasteiger charge is -2.24. The normalized spacial score (nSPS) is 18.3. The molecule has 4 rings (SSSR count). The van der Waals surface area contributed by atoms with Gasteiger partial charge in [-0.05, 0) is 50.1 Å². The first-order valence-corrected chi connectivity index (χ1v) is 10.9. The number of nitrogens with one attached hydrogen (secondary N) is 2. The number of benzene rings is 2. The average Bonchev–Trinajstić information content (AvgIpc) is 2.99. The molecule has 2 heterocycles. The maximum atomic E-state index is 14.1. The summed E-state index contributed by atoms with van der Waals surface area (Å²) in [6, 6.07) is 9.58. The van der Waals surface area contributed by atoms with Gasteiger partial charge in [-0.1, -0.05) is 18.2 Å². The number of anilines is 2. The van der Waals surface area contributed by atoms with Gasteiger partial charge < -0.3 is 15.5 Å². The SMILES string of the molecule is Cc1c(C(C)Nc2nnc(C)c3ccc(N4CCNC[C@@H](F)C4)cc23)cccc1C(F)(F)F. The van der Waals surface area contributed by atoms with Crippen molar-refractivity contribution in [2.75, 3.05) is 36.4 Å². The number of fused-ring (bicyclic) bond motifs is 1. The molecular formula is C24H27F4N5. The molecule has 0 saturated carbocycles. The summed E-state index contributed by atoms with van der Waals surface area (Å²) in [6.45, 7) is 7.11. The van der Waals surface area contributed by atoms with Gasteiger partial charge in [0.25, 0.3) is 0 Å². The number of aryl methyl sites for hydroxylation is 1. The average molecular weight is 462 g/mol. The Balaban J connectivity index is 1.70. The fourth-order valence-corrected chi connectivity index (χ4v) is 4.39. The van der Waals surface area contributed by atoms with Crippen LogP contribution in [0.4, 0.5) is 29.1 Å². The third-order valence-electron chi connectivity index (χ3n) is 6.16. The van der Waals surface area contributed by atoms with Crippen LogP contribution in [0.2, 0.25) is 0 Å². The molecule has 0 amide bonds. The molecule has 9 heteroatoms. The van der Waals surface area contributed by atoms with E-state index in [2.05, 4.69) is 20.8 Å². The van der Waals surface area contributed by atoms with Gasteiger partial charge >= 0.3 is 6.18 Å². The maximum Gasteiger partial charge on any atom is 0.416 e. The molecule has 1 unspecified atom stereocenters. The lowest BCUT2D eigenvalue weighted by molar-refractivity contribution is -0.138. The minimum Gasteiger partial charge on any atom is -0.367 e. The van der Waals surface area contributed by atoms with Gasteiger partial charge in [-0.25, -0.2) is 4.39 Å². The van der Waals surface area contributed by atoms with Gasteiger partial charge in [-0.2, -0.15) is 18.3 Å². The molecule has 1 fully saturated rings. The van der Waals surface area contributed by atoms with Crippen LogP contribution in [-0.4, -0.2) is 42.5 Å². The third kappa shape index (κ3) is 4.88. The number of halogens is 4. The fourth-order valence-electron chi connectivity index (χ4n) is 4.39. The summed E-state index contributed by atoms with van der Waals surface area (Å²) >= 11 is 0. The molecule has 0 spiro atoms. The van der Waals surface area contributed by atoms with Crippen LogP contribution >= 0.6 is 0 Å². The molecule has 0 aliphatic carbocycles. The molecule has 5 nitrogen and oxygen atoms in total. The Morgan fingerprint density at radius 2 is 1.91 bits per heavy atom. The smallest absolute Gasteiger partial charge is 0.367 e. The van der Waals surface area contributed by atoms with Crippen molar-refractivity contribution in [1.82, 2.24) is 15.5 Å². The molecule has 1 aliphatic heterocycles. The predicted molar refractivity (Wildman–Crippen MR) is 122 cm³/mol. The predicted octanol–water partition coefficient (Wildman–Crippen LogP) is 5.19. The minimum atomic E-state index is -4.42. The summed E-state index contributed by atoms with van der Waals surface area (Å²) in [6.07, 6.45) is -5.39. The molecule has 1 aliphatic rings. The lowest BCUT2D eigenvalue weighted by Crippen LogP contribution is -2.30. The Morgan fingerprint density at radius 3 is 2.67 bits per heavy atom. The van der Waals surface area contributed by atoms with Crippen LogP contribution < -0.4 is 15.5 Å². The quantitative estimate of drug-likeness (QED) is 0.524. The third-order valence-corrected chi connectivity index (χ3v) is 6.16. The molecule has 0 radical (unpaired) electrons. The van der Waals surface area contributed by atoms with Crippen molar-refractivity contribution in [3.8, 4) is 0 Å². The number of hydrogen-bond acceptors (Lipinski definition) is 5. The zero-order valence-corrected chi connectivity index (χ0v) is 18.8. The first-order valence-electron chi connectivity index (χ1n) is 10.9. The Hall–Kier alpha value is -2.94. The summed E-state index contributed by atoms with van der Waals surface area (Å²) in [5.41, 5.74) is 1.68. The molecule has 0 bridgehead atoms. The van der Waals surface area contributed by atoms with Gasteiger partial charge in [0, 0.05) is 36.1 Å². The van der Waals surface area contributed by atoms with Gasteiger partial charge in [0.15, 0.2) is 5.82 Å². The highest BCUT2D eigenvalue weighted by molar-refractivity contribution is 5.95. The second kappa shape index (κ2) is 9.13. The van der Waals surface area contributed by atoms with Crippen LogP contribution in [0, 0.1) is 13.8 Å². The Labute approximate surface area is 190 Å². The fraction of sp³-hybridized carbons (Fsp3) is 0.417. The van der Waals surface area contributed by atoms with Crippen LogP contribution in [0.15, 0.2) is 36.4 Å². The van der Waals surface area contributed by atoms with E-state index in [1.54, 1.807) is 13.0 Å². The van der Waals surface area contributed by atoms with E-state index >= 15 is 0 Å². The van der Waals surface area contributed by atoms with E-state index < -0.39 is 24.0 Å². The number of nitrogens with zero attached hydrogens (tertiary/aromatic N) is 3. The van der Waals surface area contributed by atoms with Crippen LogP contribution in [-0.2, 0) is 6.18 Å². The molecule has 3 aromatic rings. The second-order valence-corrected chi connectivity index (χ2v) is 8.49. The van der Waals surface area contributed by atoms with Crippen LogP contribution in [0.25, 0.3) is 10.8 Å². The monoisotopic (exact) mass is 461 g/mol. The molecule has 176 valence electrons. The van der Waals surface area contributed by atoms with Crippen molar-refractivity contribution in [2.24, 2.45) is 0 Å². The summed E-state index contributed by atoms with van der Waals surface area (Å²) in [4.78, 5) is 1.99. The van der Waals surface area contributed by atoms with E-state index in [-0.39, 0.29) is 5.56 Å². The van der Waals surface area contributed by atoms with Crippen LogP contribution in [0.3, 0.4) is 0 Å². The molecular weight excluding hydrogens is 434 g/mol. The number of rotatable bonds is 4. The van der Waals surface area contributed by atoms with Gasteiger partial charge in [0.05, 0.1) is 23.8 Å². The van der Waals surface area contributed by atoms with E-state index in [1.807, 2.05) is 30.0 Å². The minimum absolute atomic E-state index is 0.182. The number of hydrogen-bond donors (Lipinski definition) is 2. The van der Waals surface area contributed by atoms with Crippen molar-refractivity contribution in [3.63, 3.8) is 0 Å². The van der Waals surface area contributed by atoms with E-state index in [1.165, 1.54) is 13.0 Å². The van der Waals surface area contributed by atoms with Gasteiger partial charge in [-0.15, -0.1) is 5.10 Å². The summed E-state index contributed by atoms with van der Waals surface area (Å²) in [5, 5.41) is 16.6. The largest absolute Gasteiger partial charge is 0.416 e. The topological polar surface area (TPSA) is 53.1 Å². The molecule has 2 N–H and O–H groups in total. The van der Waals surface area contributed by atoms with Crippen molar-refractivity contribution in [1.29, 1.82) is 0 Å². The van der Waals surface area contributed by atoms with Crippen molar-refractivity contribution < 1.29 is 17.6 Å². The zero-order valence-electron chi connectivity index (χ0n) is 18.8. The Kier molecular flexibility index (Phi) is 6.43. The summed E-state index contributed by atoms with van der Waals surface area (Å²) in [7, 11) is 0. The molecule has 2 atom stereocenters. The Bertz CT molecular complexity index is 1150. The molecule has 2 aromatic carbocycles. The van der Waals surface area contributed by atoms with Crippen molar-refractivity contribution >= 4 is 22.3 Å². The lowest BCUT2D eigenvalue weighted by atomic mass is 9.97. The van der Waals surface area contributed by atoms with E-state index in [0.29, 0.717) is 37.6 Å². The van der Waals surface area contributed by atoms with E-state index in [0.717, 1.165) is 28.2 Å². The van der Waals surface area contributed by atoms with Crippen molar-refractivity contribution in [2.45, 2.75) is 39.2 Å². The second-order valence-electron chi connectivity index (χ2n) is 8.49. The molecule has 1 aromatic heterocycles. The zero-order chi connectivity index (χ0) is 23.8. The van der Waals surface area contributed by atoms with Gasteiger partial charge in [-0.3, -0.25) is 0 Å². The highest BCUT2D eigenvalue weighted by Crippen LogP contribution is 2.36. The van der Waals surface area contributed by atoms with Crippen molar-refractivity contribution in [3.05, 3.63) is 58.8 Å². The molecule has 33 heavy (non-hydrogen) atoms.